The Morgan fingerprint density at radius 2 is 1.25 bits per heavy atom. The fraction of sp³-hybridized carbons (Fsp3) is 0.217. The molecule has 0 aliphatic carbocycles. The number of hydrogen-bond donors (Lipinski definition) is 0. The highest BCUT2D eigenvalue weighted by Crippen LogP contribution is 2.27. The summed E-state index contributed by atoms with van der Waals surface area (Å²) in [7, 11) is 2.22. The first-order valence-corrected chi connectivity index (χ1v) is 9.51. The third-order valence-corrected chi connectivity index (χ3v) is 4.52. The Balaban J connectivity index is 1.96. The maximum absolute atomic E-state index is 12.7. The van der Waals surface area contributed by atoms with Crippen LogP contribution in [0.25, 0.3) is 0 Å². The Morgan fingerprint density at radius 3 is 1.75 bits per heavy atom. The van der Waals surface area contributed by atoms with Crippen molar-refractivity contribution in [2.45, 2.75) is 18.3 Å². The molecule has 2 aromatic carbocycles. The van der Waals surface area contributed by atoms with Gasteiger partial charge in [0.25, 0.3) is 0 Å². The number of carbonyl (C=O) groups is 4. The molecule has 0 spiro atoms. The van der Waals surface area contributed by atoms with Crippen LogP contribution in [0, 0.1) is 0 Å². The molecule has 1 heterocycles. The lowest BCUT2D eigenvalue weighted by atomic mass is 10.0. The summed E-state index contributed by atoms with van der Waals surface area (Å²) in [6.45, 7) is 0. The molecule has 166 valence electrons. The summed E-state index contributed by atoms with van der Waals surface area (Å²) >= 11 is 0. The highest BCUT2D eigenvalue weighted by atomic mass is 16.6. The summed E-state index contributed by atoms with van der Waals surface area (Å²) in [5.41, 5.74) is 0.418. The summed E-state index contributed by atoms with van der Waals surface area (Å²) in [5.74, 6) is -3.79. The van der Waals surface area contributed by atoms with Gasteiger partial charge in [-0.05, 0) is 24.3 Å². The van der Waals surface area contributed by atoms with Gasteiger partial charge in [-0.3, -0.25) is 0 Å². The van der Waals surface area contributed by atoms with E-state index in [-0.39, 0.29) is 16.9 Å². The Bertz CT molecular complexity index is 1010. The van der Waals surface area contributed by atoms with E-state index in [1.54, 1.807) is 36.4 Å². The molecule has 9 nitrogen and oxygen atoms in total. The van der Waals surface area contributed by atoms with Gasteiger partial charge in [0.1, 0.15) is 0 Å². The van der Waals surface area contributed by atoms with Gasteiger partial charge in [0.15, 0.2) is 12.2 Å². The van der Waals surface area contributed by atoms with Crippen LogP contribution < -0.4 is 0 Å². The average Bonchev–Trinajstić information content (AvgIpc) is 2.84. The van der Waals surface area contributed by atoms with Crippen molar-refractivity contribution in [3.05, 3.63) is 83.6 Å². The highest BCUT2D eigenvalue weighted by Gasteiger charge is 2.46. The van der Waals surface area contributed by atoms with E-state index < -0.39 is 42.2 Å². The summed E-state index contributed by atoms with van der Waals surface area (Å²) in [6, 6.07) is 16.1. The predicted octanol–water partition coefficient (Wildman–Crippen LogP) is 2.07. The minimum Gasteiger partial charge on any atom is -0.467 e. The molecule has 1 aliphatic rings. The van der Waals surface area contributed by atoms with E-state index in [9.17, 15) is 19.2 Å². The van der Waals surface area contributed by atoms with E-state index in [2.05, 4.69) is 4.74 Å². The summed E-state index contributed by atoms with van der Waals surface area (Å²) in [6.07, 6.45) is -3.24. The van der Waals surface area contributed by atoms with Crippen molar-refractivity contribution >= 4 is 23.9 Å². The quantitative estimate of drug-likeness (QED) is 0.492. The van der Waals surface area contributed by atoms with E-state index in [1.807, 2.05) is 0 Å². The van der Waals surface area contributed by atoms with Gasteiger partial charge in [0.05, 0.1) is 25.3 Å². The number of esters is 4. The second-order valence-corrected chi connectivity index (χ2v) is 6.56. The van der Waals surface area contributed by atoms with Gasteiger partial charge in [-0.15, -0.1) is 0 Å². The lowest BCUT2D eigenvalue weighted by Gasteiger charge is -2.34. The lowest BCUT2D eigenvalue weighted by molar-refractivity contribution is -0.169. The molecule has 0 N–H and O–H groups in total. The number of benzene rings is 2. The van der Waals surface area contributed by atoms with Crippen LogP contribution >= 0.6 is 0 Å². The van der Waals surface area contributed by atoms with Gasteiger partial charge in [0, 0.05) is 6.08 Å². The predicted molar refractivity (Wildman–Crippen MR) is 108 cm³/mol. The van der Waals surface area contributed by atoms with Gasteiger partial charge in [-0.1, -0.05) is 36.4 Å². The standard InChI is InChI=1S/C23H20O9/c1-28-22(26)17-13-16(31-20(24)14-9-5-3-6-10-14)18(19(30-17)23(27)29-2)32-21(25)15-11-7-4-8-12-15/h3-13,16,18-19H,1-2H3/t16-,18-,19+/m1/s1. The van der Waals surface area contributed by atoms with Gasteiger partial charge in [-0.2, -0.15) is 0 Å². The molecule has 2 aromatic rings. The second-order valence-electron chi connectivity index (χ2n) is 6.56. The van der Waals surface area contributed by atoms with Crippen molar-refractivity contribution in [1.29, 1.82) is 0 Å². The summed E-state index contributed by atoms with van der Waals surface area (Å²) in [4.78, 5) is 49.8. The molecule has 0 amide bonds. The van der Waals surface area contributed by atoms with Gasteiger partial charge in [0.2, 0.25) is 11.9 Å². The molecule has 0 fully saturated rings. The minimum absolute atomic E-state index is 0.201. The lowest BCUT2D eigenvalue weighted by Crippen LogP contribution is -2.51. The zero-order chi connectivity index (χ0) is 23.1. The van der Waals surface area contributed by atoms with Crippen molar-refractivity contribution in [2.24, 2.45) is 0 Å². The molecule has 3 rings (SSSR count). The normalized spacial score (nSPS) is 19.6. The first-order valence-electron chi connectivity index (χ1n) is 9.51. The van der Waals surface area contributed by atoms with Crippen LogP contribution in [0.15, 0.2) is 72.5 Å². The number of rotatable bonds is 6. The van der Waals surface area contributed by atoms with Crippen LogP contribution in [0.2, 0.25) is 0 Å². The van der Waals surface area contributed by atoms with Crippen LogP contribution in [-0.4, -0.2) is 56.4 Å². The van der Waals surface area contributed by atoms with Gasteiger partial charge in [-0.25, -0.2) is 19.2 Å². The van der Waals surface area contributed by atoms with Crippen molar-refractivity contribution in [3.63, 3.8) is 0 Å². The molecule has 0 saturated carbocycles. The van der Waals surface area contributed by atoms with Crippen molar-refractivity contribution in [3.8, 4) is 0 Å². The van der Waals surface area contributed by atoms with Crippen molar-refractivity contribution < 1.29 is 42.9 Å². The minimum atomic E-state index is -1.58. The molecule has 3 atom stereocenters. The largest absolute Gasteiger partial charge is 0.467 e. The van der Waals surface area contributed by atoms with E-state index in [0.29, 0.717) is 0 Å². The zero-order valence-electron chi connectivity index (χ0n) is 17.3. The maximum atomic E-state index is 12.7. The molecular weight excluding hydrogens is 420 g/mol. The first kappa shape index (κ1) is 22.5. The SMILES string of the molecule is COC(=O)C1=C[C@@H](OC(=O)c2ccccc2)[C@@H](OC(=O)c2ccccc2)[C@@H](C(=O)OC)O1. The Labute approximate surface area is 183 Å². The van der Waals surface area contributed by atoms with E-state index in [4.69, 9.17) is 18.9 Å². The first-order chi connectivity index (χ1) is 15.4. The molecule has 0 unspecified atom stereocenters. The van der Waals surface area contributed by atoms with Crippen LogP contribution in [-0.2, 0) is 33.3 Å². The number of hydrogen-bond acceptors (Lipinski definition) is 9. The zero-order valence-corrected chi connectivity index (χ0v) is 17.3. The Kier molecular flexibility index (Phi) is 7.22. The molecule has 32 heavy (non-hydrogen) atoms. The third kappa shape index (κ3) is 5.12. The third-order valence-electron chi connectivity index (χ3n) is 4.52. The average molecular weight is 440 g/mol. The molecule has 0 bridgehead atoms. The second kappa shape index (κ2) is 10.3. The number of carbonyl (C=O) groups excluding carboxylic acids is 4. The van der Waals surface area contributed by atoms with Crippen molar-refractivity contribution in [1.82, 2.24) is 0 Å². The van der Waals surface area contributed by atoms with Crippen LogP contribution in [0.1, 0.15) is 20.7 Å². The monoisotopic (exact) mass is 440 g/mol. The molecule has 0 aromatic heterocycles. The smallest absolute Gasteiger partial charge is 0.373 e. The fourth-order valence-electron chi connectivity index (χ4n) is 2.94. The van der Waals surface area contributed by atoms with Gasteiger partial charge >= 0.3 is 23.9 Å². The van der Waals surface area contributed by atoms with Crippen LogP contribution in [0.3, 0.4) is 0 Å². The number of ether oxygens (including phenoxy) is 5. The van der Waals surface area contributed by atoms with E-state index in [1.165, 1.54) is 24.3 Å². The fourth-order valence-corrected chi connectivity index (χ4v) is 2.94. The maximum Gasteiger partial charge on any atom is 0.373 e. The van der Waals surface area contributed by atoms with Gasteiger partial charge < -0.3 is 23.7 Å². The van der Waals surface area contributed by atoms with Crippen molar-refractivity contribution in [2.75, 3.05) is 14.2 Å². The Morgan fingerprint density at radius 1 is 0.719 bits per heavy atom. The van der Waals surface area contributed by atoms with E-state index >= 15 is 0 Å². The molecule has 9 heteroatoms. The Hall–Kier alpha value is -4.14. The van der Waals surface area contributed by atoms with Crippen LogP contribution in [0.5, 0.6) is 0 Å². The van der Waals surface area contributed by atoms with E-state index in [0.717, 1.165) is 20.3 Å². The number of methoxy groups -OCH3 is 2. The topological polar surface area (TPSA) is 114 Å². The molecular formula is C23H20O9. The molecule has 0 radical (unpaired) electrons. The molecule has 0 saturated heterocycles. The summed E-state index contributed by atoms with van der Waals surface area (Å²) < 4.78 is 25.8. The summed E-state index contributed by atoms with van der Waals surface area (Å²) in [5, 5.41) is 0. The molecule has 1 aliphatic heterocycles. The van der Waals surface area contributed by atoms with Crippen LogP contribution in [0.4, 0.5) is 0 Å². The highest BCUT2D eigenvalue weighted by molar-refractivity contribution is 5.92.